The van der Waals surface area contributed by atoms with E-state index in [4.69, 9.17) is 10.2 Å². The summed E-state index contributed by atoms with van der Waals surface area (Å²) in [7, 11) is 0. The molecule has 5 heteroatoms. The summed E-state index contributed by atoms with van der Waals surface area (Å²) in [5, 5.41) is 17.5. The Labute approximate surface area is 134 Å². The van der Waals surface area contributed by atoms with E-state index in [0.29, 0.717) is 6.42 Å². The van der Waals surface area contributed by atoms with Gasteiger partial charge in [-0.3, -0.25) is 4.89 Å². The molecule has 0 aromatic rings. The van der Waals surface area contributed by atoms with E-state index in [1.807, 2.05) is 0 Å². The second kappa shape index (κ2) is 16.7. The molecule has 1 unspecified atom stereocenters. The lowest BCUT2D eigenvalue weighted by Gasteiger charge is -2.07. The predicted octanol–water partition coefficient (Wildman–Crippen LogP) is 3.52. The molecule has 0 aliphatic carbocycles. The highest BCUT2D eigenvalue weighted by Crippen LogP contribution is 2.12. The van der Waals surface area contributed by atoms with Gasteiger partial charge in [-0.15, -0.1) is 0 Å². The minimum Gasteiger partial charge on any atom is -0.394 e. The van der Waals surface area contributed by atoms with Crippen molar-refractivity contribution in [2.24, 2.45) is 0 Å². The summed E-state index contributed by atoms with van der Waals surface area (Å²) in [4.78, 5) is 20.3. The van der Waals surface area contributed by atoms with Crippen molar-refractivity contribution < 1.29 is 24.8 Å². The van der Waals surface area contributed by atoms with Gasteiger partial charge in [-0.05, 0) is 6.42 Å². The normalized spacial score (nSPS) is 12.3. The van der Waals surface area contributed by atoms with Crippen molar-refractivity contribution in [3.63, 3.8) is 0 Å². The van der Waals surface area contributed by atoms with Gasteiger partial charge in [0.15, 0.2) is 0 Å². The molecule has 0 saturated carbocycles. The lowest BCUT2D eigenvalue weighted by Crippen LogP contribution is -2.20. The number of carbonyl (C=O) groups is 1. The van der Waals surface area contributed by atoms with Crippen LogP contribution in [0.25, 0.3) is 0 Å². The van der Waals surface area contributed by atoms with Crippen LogP contribution in [-0.4, -0.2) is 35.5 Å². The van der Waals surface area contributed by atoms with Crippen LogP contribution in [0.4, 0.5) is 0 Å². The molecule has 0 radical (unpaired) electrons. The van der Waals surface area contributed by atoms with Gasteiger partial charge in [-0.25, -0.2) is 4.79 Å². The molecule has 0 fully saturated rings. The van der Waals surface area contributed by atoms with Gasteiger partial charge < -0.3 is 10.2 Å². The highest BCUT2D eigenvalue weighted by Gasteiger charge is 2.07. The SMILES string of the molecule is CCCCCCCCCCCCCC(=O)OOCC(O)CO. The fourth-order valence-electron chi connectivity index (χ4n) is 2.21. The van der Waals surface area contributed by atoms with E-state index in [2.05, 4.69) is 16.7 Å². The maximum Gasteiger partial charge on any atom is 0.342 e. The molecule has 0 aromatic carbocycles. The Bertz CT molecular complexity index is 245. The molecular formula is C17H34O5. The number of hydrogen-bond acceptors (Lipinski definition) is 5. The van der Waals surface area contributed by atoms with Gasteiger partial charge in [-0.1, -0.05) is 71.1 Å². The summed E-state index contributed by atoms with van der Waals surface area (Å²) < 4.78 is 0. The fourth-order valence-corrected chi connectivity index (χ4v) is 2.21. The van der Waals surface area contributed by atoms with Crippen LogP contribution in [-0.2, 0) is 14.6 Å². The third kappa shape index (κ3) is 15.7. The zero-order valence-corrected chi connectivity index (χ0v) is 14.1. The monoisotopic (exact) mass is 318 g/mol. The van der Waals surface area contributed by atoms with E-state index in [9.17, 15) is 4.79 Å². The van der Waals surface area contributed by atoms with Gasteiger partial charge in [0.25, 0.3) is 0 Å². The number of aliphatic hydroxyl groups is 2. The van der Waals surface area contributed by atoms with E-state index in [-0.39, 0.29) is 6.61 Å². The maximum atomic E-state index is 11.3. The van der Waals surface area contributed by atoms with Gasteiger partial charge >= 0.3 is 5.97 Å². The quantitative estimate of drug-likeness (QED) is 0.259. The highest BCUT2D eigenvalue weighted by molar-refractivity contribution is 5.68. The first-order valence-electron chi connectivity index (χ1n) is 8.82. The molecule has 0 heterocycles. The van der Waals surface area contributed by atoms with Crippen LogP contribution in [0.3, 0.4) is 0 Å². The molecule has 0 amide bonds. The van der Waals surface area contributed by atoms with Crippen molar-refractivity contribution >= 4 is 5.97 Å². The Kier molecular flexibility index (Phi) is 16.2. The molecule has 0 spiro atoms. The summed E-state index contributed by atoms with van der Waals surface area (Å²) in [6.45, 7) is 1.64. The van der Waals surface area contributed by atoms with Crippen LogP contribution in [0.2, 0.25) is 0 Å². The second-order valence-electron chi connectivity index (χ2n) is 5.86. The lowest BCUT2D eigenvalue weighted by atomic mass is 10.1. The molecule has 0 saturated heterocycles. The van der Waals surface area contributed by atoms with Crippen molar-refractivity contribution in [1.82, 2.24) is 0 Å². The average molecular weight is 318 g/mol. The van der Waals surface area contributed by atoms with Crippen LogP contribution < -0.4 is 0 Å². The molecule has 5 nitrogen and oxygen atoms in total. The third-order valence-corrected chi connectivity index (χ3v) is 3.61. The van der Waals surface area contributed by atoms with E-state index < -0.39 is 18.7 Å². The zero-order valence-electron chi connectivity index (χ0n) is 14.1. The summed E-state index contributed by atoms with van der Waals surface area (Å²) in [5.41, 5.74) is 0. The Hall–Kier alpha value is -0.650. The molecule has 0 aliphatic rings. The highest BCUT2D eigenvalue weighted by atomic mass is 17.2. The smallest absolute Gasteiger partial charge is 0.342 e. The topological polar surface area (TPSA) is 76.0 Å². The summed E-state index contributed by atoms with van der Waals surface area (Å²) in [6.07, 6.45) is 12.9. The van der Waals surface area contributed by atoms with Crippen molar-refractivity contribution in [1.29, 1.82) is 0 Å². The second-order valence-corrected chi connectivity index (χ2v) is 5.86. The van der Waals surface area contributed by atoms with Crippen molar-refractivity contribution in [2.75, 3.05) is 13.2 Å². The van der Waals surface area contributed by atoms with E-state index in [0.717, 1.165) is 19.3 Å². The predicted molar refractivity (Wildman–Crippen MR) is 86.2 cm³/mol. The summed E-state index contributed by atoms with van der Waals surface area (Å²) >= 11 is 0. The molecule has 2 N–H and O–H groups in total. The fraction of sp³-hybridized carbons (Fsp3) is 0.941. The number of hydrogen-bond donors (Lipinski definition) is 2. The lowest BCUT2D eigenvalue weighted by molar-refractivity contribution is -0.282. The summed E-state index contributed by atoms with van der Waals surface area (Å²) in [5.74, 6) is -0.416. The molecule has 1 atom stereocenters. The van der Waals surface area contributed by atoms with Gasteiger partial charge in [-0.2, -0.15) is 4.89 Å². The minimum atomic E-state index is -1.00. The molecule has 132 valence electrons. The van der Waals surface area contributed by atoms with Crippen LogP contribution in [0.5, 0.6) is 0 Å². The Morgan fingerprint density at radius 1 is 0.909 bits per heavy atom. The standard InChI is InChI=1S/C17H34O5/c1-2-3-4-5-6-7-8-9-10-11-12-13-17(20)22-21-15-16(19)14-18/h16,18-19H,2-15H2,1H3. The number of aliphatic hydroxyl groups excluding tert-OH is 2. The van der Waals surface area contributed by atoms with E-state index in [1.165, 1.54) is 51.4 Å². The first-order chi connectivity index (χ1) is 10.7. The third-order valence-electron chi connectivity index (χ3n) is 3.61. The molecule has 0 aromatic heterocycles. The van der Waals surface area contributed by atoms with Gasteiger partial charge in [0.2, 0.25) is 0 Å². The Morgan fingerprint density at radius 2 is 1.41 bits per heavy atom. The van der Waals surface area contributed by atoms with Gasteiger partial charge in [0, 0.05) is 6.42 Å². The molecule has 0 rings (SSSR count). The van der Waals surface area contributed by atoms with Crippen LogP contribution in [0.1, 0.15) is 84.0 Å². The molecular weight excluding hydrogens is 284 g/mol. The molecule has 22 heavy (non-hydrogen) atoms. The van der Waals surface area contributed by atoms with Crippen molar-refractivity contribution in [3.05, 3.63) is 0 Å². The molecule has 0 bridgehead atoms. The number of rotatable bonds is 16. The van der Waals surface area contributed by atoms with Crippen molar-refractivity contribution in [2.45, 2.75) is 90.1 Å². The largest absolute Gasteiger partial charge is 0.394 e. The van der Waals surface area contributed by atoms with Crippen LogP contribution in [0.15, 0.2) is 0 Å². The van der Waals surface area contributed by atoms with E-state index >= 15 is 0 Å². The maximum absolute atomic E-state index is 11.3. The minimum absolute atomic E-state index is 0.194. The Morgan fingerprint density at radius 3 is 1.91 bits per heavy atom. The van der Waals surface area contributed by atoms with Crippen molar-refractivity contribution in [3.8, 4) is 0 Å². The summed E-state index contributed by atoms with van der Waals surface area (Å²) in [6, 6.07) is 0. The Balaban J connectivity index is 3.17. The number of unbranched alkanes of at least 4 members (excludes halogenated alkanes) is 10. The average Bonchev–Trinajstić information content (AvgIpc) is 2.52. The first kappa shape index (κ1) is 21.4. The van der Waals surface area contributed by atoms with Gasteiger partial charge in [0.05, 0.1) is 6.61 Å². The van der Waals surface area contributed by atoms with E-state index in [1.54, 1.807) is 0 Å². The van der Waals surface area contributed by atoms with Crippen LogP contribution >= 0.6 is 0 Å². The number of carbonyl (C=O) groups excluding carboxylic acids is 1. The zero-order chi connectivity index (χ0) is 16.5. The first-order valence-corrected chi connectivity index (χ1v) is 8.82. The molecule has 0 aliphatic heterocycles. The van der Waals surface area contributed by atoms with Gasteiger partial charge in [0.1, 0.15) is 12.7 Å². The van der Waals surface area contributed by atoms with Crippen LogP contribution in [0, 0.1) is 0 Å².